The number of nitrogens with zero attached hydrogens (tertiary/aromatic N) is 2. The first kappa shape index (κ1) is 18.4. The molecule has 25 heavy (non-hydrogen) atoms. The van der Waals surface area contributed by atoms with Gasteiger partial charge in [0.15, 0.2) is 0 Å². The Bertz CT molecular complexity index is 812. The summed E-state index contributed by atoms with van der Waals surface area (Å²) < 4.78 is 1.75. The normalized spacial score (nSPS) is 12.0. The summed E-state index contributed by atoms with van der Waals surface area (Å²) in [5, 5.41) is 13.9. The van der Waals surface area contributed by atoms with Gasteiger partial charge < -0.3 is 15.7 Å². The molecule has 0 radical (unpaired) electrons. The molecule has 2 aromatic rings. The van der Waals surface area contributed by atoms with Gasteiger partial charge in [0.1, 0.15) is 17.4 Å². The van der Waals surface area contributed by atoms with E-state index in [0.29, 0.717) is 24.4 Å². The number of hydrogen-bond donors (Lipinski definition) is 3. The Morgan fingerprint density at radius 2 is 2.04 bits per heavy atom. The number of aliphatic carboxylic acids is 1. The fraction of sp³-hybridized carbons (Fsp3) is 0.412. The first-order chi connectivity index (χ1) is 11.8. The quantitative estimate of drug-likeness (QED) is 0.649. The topological polar surface area (TPSA) is 113 Å². The predicted octanol–water partition coefficient (Wildman–Crippen LogP) is 1.05. The largest absolute Gasteiger partial charge is 0.480 e. The van der Waals surface area contributed by atoms with E-state index in [0.717, 1.165) is 11.2 Å². The highest BCUT2D eigenvalue weighted by atomic mass is 16.4. The third-order valence-corrected chi connectivity index (χ3v) is 3.85. The maximum absolute atomic E-state index is 12.4. The van der Waals surface area contributed by atoms with E-state index in [9.17, 15) is 14.4 Å². The number of pyridine rings is 1. The summed E-state index contributed by atoms with van der Waals surface area (Å²) in [4.78, 5) is 39.1. The number of hydrogen-bond acceptors (Lipinski definition) is 4. The van der Waals surface area contributed by atoms with Gasteiger partial charge in [0.2, 0.25) is 5.91 Å². The van der Waals surface area contributed by atoms with Crippen molar-refractivity contribution >= 4 is 23.4 Å². The number of carboxylic acid groups (broad SMARTS) is 1. The van der Waals surface area contributed by atoms with Crippen LogP contribution in [0, 0.1) is 13.8 Å². The molecule has 0 spiro atoms. The van der Waals surface area contributed by atoms with Gasteiger partial charge in [-0.25, -0.2) is 4.98 Å². The van der Waals surface area contributed by atoms with Crippen LogP contribution in [0.3, 0.4) is 0 Å². The Morgan fingerprint density at radius 1 is 1.32 bits per heavy atom. The first-order valence-electron chi connectivity index (χ1n) is 8.06. The number of rotatable bonds is 7. The van der Waals surface area contributed by atoms with E-state index >= 15 is 0 Å². The van der Waals surface area contributed by atoms with E-state index in [-0.39, 0.29) is 18.2 Å². The van der Waals surface area contributed by atoms with E-state index in [1.54, 1.807) is 17.5 Å². The second kappa shape index (κ2) is 7.78. The molecule has 1 unspecified atom stereocenters. The average molecular weight is 346 g/mol. The molecule has 0 aromatic carbocycles. The highest BCUT2D eigenvalue weighted by Gasteiger charge is 2.17. The fourth-order valence-electron chi connectivity index (χ4n) is 2.50. The molecule has 0 aliphatic heterocycles. The van der Waals surface area contributed by atoms with Crippen molar-refractivity contribution in [1.29, 1.82) is 0 Å². The van der Waals surface area contributed by atoms with Crippen LogP contribution in [-0.2, 0) is 9.59 Å². The summed E-state index contributed by atoms with van der Waals surface area (Å²) in [7, 11) is 0. The fourth-order valence-corrected chi connectivity index (χ4v) is 2.50. The lowest BCUT2D eigenvalue weighted by molar-refractivity contribution is -0.141. The van der Waals surface area contributed by atoms with Crippen molar-refractivity contribution in [3.05, 3.63) is 35.3 Å². The minimum Gasteiger partial charge on any atom is -0.480 e. The van der Waals surface area contributed by atoms with Crippen LogP contribution in [0.5, 0.6) is 0 Å². The van der Waals surface area contributed by atoms with Crippen molar-refractivity contribution in [2.75, 3.05) is 6.54 Å². The zero-order chi connectivity index (χ0) is 18.6. The Hall–Kier alpha value is -2.90. The lowest BCUT2D eigenvalue weighted by atomic mass is 10.2. The number of amides is 2. The molecule has 8 nitrogen and oxygen atoms in total. The number of imidazole rings is 1. The monoisotopic (exact) mass is 346 g/mol. The minimum atomic E-state index is -1.08. The van der Waals surface area contributed by atoms with Gasteiger partial charge in [-0.2, -0.15) is 0 Å². The Kier molecular flexibility index (Phi) is 5.74. The van der Waals surface area contributed by atoms with Crippen LogP contribution in [0.2, 0.25) is 0 Å². The van der Waals surface area contributed by atoms with E-state index in [2.05, 4.69) is 15.6 Å². The lowest BCUT2D eigenvalue weighted by Gasteiger charge is -2.09. The number of aryl methyl sites for hydroxylation is 2. The SMILES string of the molecule is Cc1nc2c(C)cccn2c1C(=O)NCCCC(=O)NC(C)C(=O)O. The molecule has 0 fully saturated rings. The van der Waals surface area contributed by atoms with Crippen LogP contribution < -0.4 is 10.6 Å². The van der Waals surface area contributed by atoms with Crippen LogP contribution in [0.4, 0.5) is 0 Å². The Balaban J connectivity index is 1.89. The predicted molar refractivity (Wildman–Crippen MR) is 91.5 cm³/mol. The number of aromatic nitrogens is 2. The van der Waals surface area contributed by atoms with Crippen molar-refractivity contribution < 1.29 is 19.5 Å². The standard InChI is InChI=1S/C17H22N4O4/c1-10-6-5-9-21-14(11(2)20-15(10)21)16(23)18-8-4-7-13(22)19-12(3)17(24)25/h5-6,9,12H,4,7-8H2,1-3H3,(H,18,23)(H,19,22)(H,24,25). The van der Waals surface area contributed by atoms with Crippen LogP contribution in [0.1, 0.15) is 41.5 Å². The van der Waals surface area contributed by atoms with Gasteiger partial charge in [0, 0.05) is 19.2 Å². The summed E-state index contributed by atoms with van der Waals surface area (Å²) >= 11 is 0. The molecule has 2 rings (SSSR count). The highest BCUT2D eigenvalue weighted by molar-refractivity contribution is 5.94. The summed E-state index contributed by atoms with van der Waals surface area (Å²) in [5.74, 6) is -1.69. The van der Waals surface area contributed by atoms with Crippen LogP contribution in [-0.4, -0.2) is 44.9 Å². The Labute approximate surface area is 145 Å². The van der Waals surface area contributed by atoms with E-state index in [1.807, 2.05) is 19.1 Å². The maximum atomic E-state index is 12.4. The van der Waals surface area contributed by atoms with E-state index in [1.165, 1.54) is 6.92 Å². The number of carbonyl (C=O) groups is 3. The number of fused-ring (bicyclic) bond motifs is 1. The maximum Gasteiger partial charge on any atom is 0.325 e. The molecule has 0 saturated carbocycles. The van der Waals surface area contributed by atoms with Gasteiger partial charge in [0.25, 0.3) is 5.91 Å². The first-order valence-corrected chi connectivity index (χ1v) is 8.06. The smallest absolute Gasteiger partial charge is 0.325 e. The third-order valence-electron chi connectivity index (χ3n) is 3.85. The molecule has 0 bridgehead atoms. The van der Waals surface area contributed by atoms with Gasteiger partial charge in [-0.15, -0.1) is 0 Å². The Morgan fingerprint density at radius 3 is 2.72 bits per heavy atom. The molecule has 1 atom stereocenters. The van der Waals surface area contributed by atoms with E-state index < -0.39 is 12.0 Å². The van der Waals surface area contributed by atoms with Crippen molar-refractivity contribution in [3.63, 3.8) is 0 Å². The molecule has 134 valence electrons. The number of carbonyl (C=O) groups excluding carboxylic acids is 2. The zero-order valence-electron chi connectivity index (χ0n) is 14.5. The average Bonchev–Trinajstić information content (AvgIpc) is 2.89. The lowest BCUT2D eigenvalue weighted by Crippen LogP contribution is -2.38. The summed E-state index contributed by atoms with van der Waals surface area (Å²) in [5.41, 5.74) is 2.84. The minimum absolute atomic E-state index is 0.142. The molecule has 2 amide bonds. The van der Waals surface area contributed by atoms with E-state index in [4.69, 9.17) is 5.11 Å². The second-order valence-electron chi connectivity index (χ2n) is 5.92. The summed E-state index contributed by atoms with van der Waals surface area (Å²) in [6.45, 7) is 5.42. The van der Waals surface area contributed by atoms with Crippen molar-refractivity contribution in [2.24, 2.45) is 0 Å². The van der Waals surface area contributed by atoms with Crippen LogP contribution in [0.25, 0.3) is 5.65 Å². The van der Waals surface area contributed by atoms with Crippen LogP contribution in [0.15, 0.2) is 18.3 Å². The molecule has 0 saturated heterocycles. The molecule has 0 aliphatic rings. The molecule has 2 heterocycles. The molecule has 2 aromatic heterocycles. The van der Waals surface area contributed by atoms with Gasteiger partial charge in [-0.3, -0.25) is 18.8 Å². The van der Waals surface area contributed by atoms with Gasteiger partial charge >= 0.3 is 5.97 Å². The molecule has 8 heteroatoms. The third kappa shape index (κ3) is 4.34. The van der Waals surface area contributed by atoms with Crippen molar-refractivity contribution in [2.45, 2.75) is 39.7 Å². The summed E-state index contributed by atoms with van der Waals surface area (Å²) in [6.07, 6.45) is 2.35. The summed E-state index contributed by atoms with van der Waals surface area (Å²) in [6, 6.07) is 2.86. The zero-order valence-corrected chi connectivity index (χ0v) is 14.5. The number of nitrogens with one attached hydrogen (secondary N) is 2. The molecule has 0 aliphatic carbocycles. The number of carboxylic acids is 1. The second-order valence-corrected chi connectivity index (χ2v) is 5.92. The van der Waals surface area contributed by atoms with Gasteiger partial charge in [-0.1, -0.05) is 6.07 Å². The molecular formula is C17H22N4O4. The highest BCUT2D eigenvalue weighted by Crippen LogP contribution is 2.15. The molecular weight excluding hydrogens is 324 g/mol. The molecule has 3 N–H and O–H groups in total. The van der Waals surface area contributed by atoms with Gasteiger partial charge in [-0.05, 0) is 38.8 Å². The van der Waals surface area contributed by atoms with Crippen LogP contribution >= 0.6 is 0 Å². The van der Waals surface area contributed by atoms with Crippen molar-refractivity contribution in [3.8, 4) is 0 Å². The van der Waals surface area contributed by atoms with Gasteiger partial charge in [0.05, 0.1) is 5.69 Å². The van der Waals surface area contributed by atoms with Crippen molar-refractivity contribution in [1.82, 2.24) is 20.0 Å².